The third-order valence-corrected chi connectivity index (χ3v) is 6.69. The molecular weight excluding hydrogens is 297 g/mol. The number of benzene rings is 1. The van der Waals surface area contributed by atoms with Crippen molar-refractivity contribution in [1.29, 1.82) is 0 Å². The van der Waals surface area contributed by atoms with Crippen molar-refractivity contribution in [2.24, 2.45) is 5.92 Å². The number of halogens is 1. The molecule has 0 saturated carbocycles. The molecular formula is C14H16FNO4S. The summed E-state index contributed by atoms with van der Waals surface area (Å²) in [6.45, 7) is 1.43. The highest BCUT2D eigenvalue weighted by molar-refractivity contribution is 7.89. The molecule has 2 fully saturated rings. The number of carboxylic acid groups (broad SMARTS) is 1. The van der Waals surface area contributed by atoms with E-state index in [1.807, 2.05) is 0 Å². The van der Waals surface area contributed by atoms with Crippen molar-refractivity contribution in [3.8, 4) is 0 Å². The van der Waals surface area contributed by atoms with E-state index < -0.39 is 33.8 Å². The molecule has 5 nitrogen and oxygen atoms in total. The van der Waals surface area contributed by atoms with E-state index in [-0.39, 0.29) is 16.5 Å². The Balaban J connectivity index is 2.04. The molecule has 3 atom stereocenters. The van der Waals surface area contributed by atoms with Crippen LogP contribution >= 0.6 is 0 Å². The molecule has 2 aliphatic rings. The summed E-state index contributed by atoms with van der Waals surface area (Å²) in [4.78, 5) is 11.2. The predicted octanol–water partition coefficient (Wildman–Crippen LogP) is 1.76. The molecule has 1 N–H and O–H groups in total. The van der Waals surface area contributed by atoms with Gasteiger partial charge in [-0.2, -0.15) is 4.31 Å². The van der Waals surface area contributed by atoms with Gasteiger partial charge >= 0.3 is 5.97 Å². The lowest BCUT2D eigenvalue weighted by molar-refractivity contribution is -0.142. The number of nitrogens with zero attached hydrogens (tertiary/aromatic N) is 1. The van der Waals surface area contributed by atoms with Crippen LogP contribution in [0.5, 0.6) is 0 Å². The Morgan fingerprint density at radius 3 is 2.71 bits per heavy atom. The first kappa shape index (κ1) is 14.5. The fourth-order valence-electron chi connectivity index (χ4n) is 3.56. The third-order valence-electron chi connectivity index (χ3n) is 4.56. The molecule has 2 aliphatic heterocycles. The Labute approximate surface area is 122 Å². The van der Waals surface area contributed by atoms with E-state index in [2.05, 4.69) is 0 Å². The van der Waals surface area contributed by atoms with E-state index >= 15 is 0 Å². The Hall–Kier alpha value is -1.47. The zero-order valence-electron chi connectivity index (χ0n) is 11.5. The molecule has 114 valence electrons. The number of sulfonamides is 1. The Morgan fingerprint density at radius 2 is 2.10 bits per heavy atom. The summed E-state index contributed by atoms with van der Waals surface area (Å²) >= 11 is 0. The summed E-state index contributed by atoms with van der Waals surface area (Å²) < 4.78 is 40.5. The average molecular weight is 313 g/mol. The fourth-order valence-corrected chi connectivity index (χ4v) is 5.71. The van der Waals surface area contributed by atoms with Crippen LogP contribution in [-0.4, -0.2) is 35.9 Å². The van der Waals surface area contributed by atoms with E-state index in [0.29, 0.717) is 19.3 Å². The first-order valence-electron chi connectivity index (χ1n) is 6.85. The predicted molar refractivity (Wildman–Crippen MR) is 72.7 cm³/mol. The zero-order valence-corrected chi connectivity index (χ0v) is 12.3. The fraction of sp³-hybridized carbons (Fsp3) is 0.500. The van der Waals surface area contributed by atoms with Gasteiger partial charge in [0, 0.05) is 17.6 Å². The van der Waals surface area contributed by atoms with E-state index in [0.717, 1.165) is 0 Å². The van der Waals surface area contributed by atoms with Gasteiger partial charge in [0.15, 0.2) is 0 Å². The molecule has 0 aliphatic carbocycles. The van der Waals surface area contributed by atoms with Gasteiger partial charge in [0.1, 0.15) is 5.82 Å². The summed E-state index contributed by atoms with van der Waals surface area (Å²) in [5.74, 6) is -2.19. The van der Waals surface area contributed by atoms with Crippen LogP contribution in [0.2, 0.25) is 0 Å². The highest BCUT2D eigenvalue weighted by Gasteiger charge is 2.54. The number of aliphatic carboxylic acids is 1. The molecule has 7 heteroatoms. The normalized spacial score (nSPS) is 29.0. The number of hydrogen-bond donors (Lipinski definition) is 1. The molecule has 0 amide bonds. The Kier molecular flexibility index (Phi) is 3.29. The van der Waals surface area contributed by atoms with Gasteiger partial charge < -0.3 is 5.11 Å². The van der Waals surface area contributed by atoms with Gasteiger partial charge in [-0.3, -0.25) is 4.79 Å². The van der Waals surface area contributed by atoms with Crippen LogP contribution in [0.3, 0.4) is 0 Å². The van der Waals surface area contributed by atoms with Gasteiger partial charge in [0.2, 0.25) is 10.0 Å². The van der Waals surface area contributed by atoms with Gasteiger partial charge in [0.05, 0.1) is 10.8 Å². The van der Waals surface area contributed by atoms with Crippen molar-refractivity contribution in [3.63, 3.8) is 0 Å². The quantitative estimate of drug-likeness (QED) is 0.922. The highest BCUT2D eigenvalue weighted by Crippen LogP contribution is 2.45. The van der Waals surface area contributed by atoms with Crippen LogP contribution in [-0.2, 0) is 14.8 Å². The van der Waals surface area contributed by atoms with Gasteiger partial charge in [-0.1, -0.05) is 6.07 Å². The highest BCUT2D eigenvalue weighted by atomic mass is 32.2. The maximum Gasteiger partial charge on any atom is 0.308 e. The Bertz CT molecular complexity index is 703. The average Bonchev–Trinajstić information content (AvgIpc) is 2.99. The summed E-state index contributed by atoms with van der Waals surface area (Å²) in [5.41, 5.74) is 0.0793. The van der Waals surface area contributed by atoms with Crippen LogP contribution in [0.4, 0.5) is 4.39 Å². The molecule has 2 heterocycles. The monoisotopic (exact) mass is 313 g/mol. The maximum atomic E-state index is 13.6. The number of hydrogen-bond acceptors (Lipinski definition) is 3. The van der Waals surface area contributed by atoms with Crippen LogP contribution in [0.15, 0.2) is 23.1 Å². The molecule has 2 saturated heterocycles. The molecule has 0 aromatic heterocycles. The van der Waals surface area contributed by atoms with E-state index in [1.165, 1.54) is 29.4 Å². The lowest BCUT2D eigenvalue weighted by Gasteiger charge is -2.23. The number of rotatable bonds is 3. The zero-order chi connectivity index (χ0) is 15.4. The Morgan fingerprint density at radius 1 is 1.38 bits per heavy atom. The van der Waals surface area contributed by atoms with Crippen LogP contribution in [0, 0.1) is 18.7 Å². The second-order valence-electron chi connectivity index (χ2n) is 5.68. The molecule has 2 bridgehead atoms. The van der Waals surface area contributed by atoms with Crippen molar-refractivity contribution < 1.29 is 22.7 Å². The number of carboxylic acids is 1. The standard InChI is InChI=1S/C14H16FNO4S/c1-8-11(15)3-2-4-13(8)21(19,20)16-9-5-6-12(16)10(7-9)14(17)18/h2-4,9-10,12H,5-7H2,1H3,(H,17,18). The minimum Gasteiger partial charge on any atom is -0.481 e. The van der Waals surface area contributed by atoms with E-state index in [9.17, 15) is 22.7 Å². The molecule has 1 aromatic carbocycles. The maximum absolute atomic E-state index is 13.6. The van der Waals surface area contributed by atoms with Crippen LogP contribution < -0.4 is 0 Å². The van der Waals surface area contributed by atoms with Crippen molar-refractivity contribution in [1.82, 2.24) is 4.31 Å². The van der Waals surface area contributed by atoms with Crippen molar-refractivity contribution in [2.45, 2.75) is 43.2 Å². The van der Waals surface area contributed by atoms with Crippen LogP contribution in [0.25, 0.3) is 0 Å². The molecule has 0 spiro atoms. The van der Waals surface area contributed by atoms with Gasteiger partial charge in [-0.25, -0.2) is 12.8 Å². The summed E-state index contributed by atoms with van der Waals surface area (Å²) in [6.07, 6.45) is 1.56. The summed E-state index contributed by atoms with van der Waals surface area (Å²) in [7, 11) is -3.86. The second-order valence-corrected chi connectivity index (χ2v) is 7.49. The van der Waals surface area contributed by atoms with Gasteiger partial charge in [-0.05, 0) is 38.3 Å². The van der Waals surface area contributed by atoms with Crippen LogP contribution in [0.1, 0.15) is 24.8 Å². The molecule has 1 aromatic rings. The molecule has 0 radical (unpaired) electrons. The minimum atomic E-state index is -3.86. The van der Waals surface area contributed by atoms with E-state index in [1.54, 1.807) is 0 Å². The third kappa shape index (κ3) is 2.06. The number of carbonyl (C=O) groups is 1. The largest absolute Gasteiger partial charge is 0.481 e. The number of fused-ring (bicyclic) bond motifs is 2. The minimum absolute atomic E-state index is 0.0644. The first-order valence-corrected chi connectivity index (χ1v) is 8.29. The smallest absolute Gasteiger partial charge is 0.308 e. The molecule has 3 unspecified atom stereocenters. The molecule has 21 heavy (non-hydrogen) atoms. The van der Waals surface area contributed by atoms with E-state index in [4.69, 9.17) is 0 Å². The van der Waals surface area contributed by atoms with Gasteiger partial charge in [-0.15, -0.1) is 0 Å². The summed E-state index contributed by atoms with van der Waals surface area (Å²) in [6, 6.07) is 3.15. The topological polar surface area (TPSA) is 74.7 Å². The van der Waals surface area contributed by atoms with Crippen molar-refractivity contribution in [2.75, 3.05) is 0 Å². The first-order chi connectivity index (χ1) is 9.84. The summed E-state index contributed by atoms with van der Waals surface area (Å²) in [5, 5.41) is 9.21. The van der Waals surface area contributed by atoms with Crippen molar-refractivity contribution >= 4 is 16.0 Å². The lowest BCUT2D eigenvalue weighted by Crippen LogP contribution is -2.38. The lowest BCUT2D eigenvalue weighted by atomic mass is 9.89. The molecule has 3 rings (SSSR count). The van der Waals surface area contributed by atoms with Crippen molar-refractivity contribution in [3.05, 3.63) is 29.6 Å². The van der Waals surface area contributed by atoms with Gasteiger partial charge in [0.25, 0.3) is 0 Å². The second kappa shape index (κ2) is 4.78. The SMILES string of the molecule is Cc1c(F)cccc1S(=O)(=O)N1C2CCC1C(C(=O)O)C2.